The molecule has 0 atom stereocenters. The highest BCUT2D eigenvalue weighted by Crippen LogP contribution is 2.34. The zero-order valence-electron chi connectivity index (χ0n) is 17.4. The number of aryl methyl sites for hydroxylation is 2. The highest BCUT2D eigenvalue weighted by atomic mass is 32.2. The largest absolute Gasteiger partial charge is 0.493 e. The molecule has 2 heterocycles. The lowest BCUT2D eigenvalue weighted by atomic mass is 10.1. The molecular formula is C23H23N3O2S2. The van der Waals surface area contributed by atoms with E-state index < -0.39 is 0 Å². The van der Waals surface area contributed by atoms with Crippen molar-refractivity contribution in [3.63, 3.8) is 0 Å². The van der Waals surface area contributed by atoms with Crippen molar-refractivity contribution in [2.24, 2.45) is 0 Å². The maximum Gasteiger partial charge on any atom is 0.172 e. The quantitative estimate of drug-likeness (QED) is 0.336. The van der Waals surface area contributed by atoms with Gasteiger partial charge >= 0.3 is 0 Å². The molecule has 0 spiro atoms. The minimum Gasteiger partial charge on any atom is -0.493 e. The van der Waals surface area contributed by atoms with Crippen molar-refractivity contribution in [1.29, 1.82) is 0 Å². The molecule has 154 valence electrons. The van der Waals surface area contributed by atoms with Gasteiger partial charge in [0, 0.05) is 29.1 Å². The van der Waals surface area contributed by atoms with Crippen LogP contribution in [0.2, 0.25) is 0 Å². The van der Waals surface area contributed by atoms with Gasteiger partial charge in [0.25, 0.3) is 0 Å². The number of thiazole rings is 1. The predicted octanol–water partition coefficient (Wildman–Crippen LogP) is 5.92. The molecule has 0 unspecified atom stereocenters. The number of nitrogens with zero attached hydrogens (tertiary/aromatic N) is 3. The Labute approximate surface area is 184 Å². The predicted molar refractivity (Wildman–Crippen MR) is 123 cm³/mol. The maximum atomic E-state index is 5.41. The second-order valence-corrected chi connectivity index (χ2v) is 8.67. The highest BCUT2D eigenvalue weighted by Gasteiger charge is 2.12. The van der Waals surface area contributed by atoms with E-state index in [1.54, 1.807) is 37.3 Å². The normalized spacial score (nSPS) is 10.9. The summed E-state index contributed by atoms with van der Waals surface area (Å²) in [6.45, 7) is 4.24. The standard InChI is InChI=1S/C23H23N3O2S2/c1-15-5-7-19(16(2)11-15)26-10-9-24-23(26)30-14-18-13-29-22(25-18)17-6-8-20(27-3)21(12-17)28-4/h5-13H,14H2,1-4H3. The molecule has 5 nitrogen and oxygen atoms in total. The average molecular weight is 438 g/mol. The molecular weight excluding hydrogens is 414 g/mol. The summed E-state index contributed by atoms with van der Waals surface area (Å²) in [5.74, 6) is 2.18. The molecule has 0 saturated heterocycles. The van der Waals surface area contributed by atoms with Crippen molar-refractivity contribution in [2.45, 2.75) is 24.8 Å². The minimum absolute atomic E-state index is 0.705. The van der Waals surface area contributed by atoms with E-state index in [1.165, 1.54) is 11.1 Å². The number of thioether (sulfide) groups is 1. The zero-order valence-corrected chi connectivity index (χ0v) is 19.0. The number of rotatable bonds is 7. The van der Waals surface area contributed by atoms with Gasteiger partial charge < -0.3 is 9.47 Å². The lowest BCUT2D eigenvalue weighted by Crippen LogP contribution is -1.98. The first-order valence-corrected chi connectivity index (χ1v) is 11.4. The van der Waals surface area contributed by atoms with Gasteiger partial charge in [0.05, 0.1) is 25.6 Å². The van der Waals surface area contributed by atoms with Crippen molar-refractivity contribution >= 4 is 23.1 Å². The Hall–Kier alpha value is -2.77. The summed E-state index contributed by atoms with van der Waals surface area (Å²) in [5, 5.41) is 4.02. The van der Waals surface area contributed by atoms with E-state index in [2.05, 4.69) is 47.0 Å². The second-order valence-electron chi connectivity index (χ2n) is 6.87. The average Bonchev–Trinajstić information content (AvgIpc) is 3.41. The van der Waals surface area contributed by atoms with Crippen LogP contribution in [0.5, 0.6) is 11.5 Å². The molecule has 0 bridgehead atoms. The van der Waals surface area contributed by atoms with E-state index in [1.807, 2.05) is 30.6 Å². The fraction of sp³-hybridized carbons (Fsp3) is 0.217. The first-order valence-electron chi connectivity index (χ1n) is 9.49. The van der Waals surface area contributed by atoms with Gasteiger partial charge in [0.2, 0.25) is 0 Å². The summed E-state index contributed by atoms with van der Waals surface area (Å²) in [4.78, 5) is 9.36. The van der Waals surface area contributed by atoms with Crippen LogP contribution in [0.1, 0.15) is 16.8 Å². The van der Waals surface area contributed by atoms with Crippen molar-refractivity contribution in [3.05, 3.63) is 71.0 Å². The number of methoxy groups -OCH3 is 2. The van der Waals surface area contributed by atoms with Gasteiger partial charge in [-0.25, -0.2) is 9.97 Å². The number of benzene rings is 2. The third-order valence-corrected chi connectivity index (χ3v) is 6.69. The monoisotopic (exact) mass is 437 g/mol. The first kappa shape index (κ1) is 20.5. The number of hydrogen-bond acceptors (Lipinski definition) is 6. The third-order valence-electron chi connectivity index (χ3n) is 4.75. The third kappa shape index (κ3) is 4.22. The van der Waals surface area contributed by atoms with Crippen LogP contribution >= 0.6 is 23.1 Å². The molecule has 0 saturated carbocycles. The molecule has 0 aliphatic rings. The van der Waals surface area contributed by atoms with E-state index >= 15 is 0 Å². The molecule has 0 aliphatic heterocycles. The topological polar surface area (TPSA) is 49.2 Å². The van der Waals surface area contributed by atoms with E-state index in [0.29, 0.717) is 11.5 Å². The lowest BCUT2D eigenvalue weighted by molar-refractivity contribution is 0.355. The van der Waals surface area contributed by atoms with Crippen LogP contribution in [0.3, 0.4) is 0 Å². The number of imidazole rings is 1. The molecule has 0 amide bonds. The van der Waals surface area contributed by atoms with Crippen molar-refractivity contribution in [1.82, 2.24) is 14.5 Å². The van der Waals surface area contributed by atoms with Crippen LogP contribution in [0.4, 0.5) is 0 Å². The van der Waals surface area contributed by atoms with Crippen LogP contribution in [-0.2, 0) is 5.75 Å². The van der Waals surface area contributed by atoms with Gasteiger partial charge in [-0.05, 0) is 43.7 Å². The smallest absolute Gasteiger partial charge is 0.172 e. The minimum atomic E-state index is 0.705. The second kappa shape index (κ2) is 8.93. The molecule has 0 N–H and O–H groups in total. The van der Waals surface area contributed by atoms with Gasteiger partial charge in [-0.3, -0.25) is 4.57 Å². The summed E-state index contributed by atoms with van der Waals surface area (Å²) in [5.41, 5.74) is 5.70. The van der Waals surface area contributed by atoms with E-state index in [0.717, 1.165) is 32.9 Å². The van der Waals surface area contributed by atoms with Crippen molar-refractivity contribution < 1.29 is 9.47 Å². The Morgan fingerprint density at radius 1 is 1.03 bits per heavy atom. The maximum absolute atomic E-state index is 5.41. The lowest BCUT2D eigenvalue weighted by Gasteiger charge is -2.11. The van der Waals surface area contributed by atoms with Crippen molar-refractivity contribution in [2.75, 3.05) is 14.2 Å². The van der Waals surface area contributed by atoms with Gasteiger partial charge in [0.1, 0.15) is 5.01 Å². The number of hydrogen-bond donors (Lipinski definition) is 0. The van der Waals surface area contributed by atoms with Gasteiger partial charge in [-0.2, -0.15) is 0 Å². The van der Waals surface area contributed by atoms with Gasteiger partial charge in [-0.15, -0.1) is 11.3 Å². The molecule has 2 aromatic carbocycles. The first-order chi connectivity index (χ1) is 14.6. The number of aromatic nitrogens is 3. The van der Waals surface area contributed by atoms with E-state index in [9.17, 15) is 0 Å². The zero-order chi connectivity index (χ0) is 21.1. The van der Waals surface area contributed by atoms with Crippen LogP contribution in [0, 0.1) is 13.8 Å². The van der Waals surface area contributed by atoms with Crippen LogP contribution in [0.15, 0.2) is 59.3 Å². The van der Waals surface area contributed by atoms with Crippen LogP contribution in [-0.4, -0.2) is 28.8 Å². The highest BCUT2D eigenvalue weighted by molar-refractivity contribution is 7.98. The molecule has 0 aliphatic carbocycles. The number of ether oxygens (including phenoxy) is 2. The van der Waals surface area contributed by atoms with Crippen LogP contribution in [0.25, 0.3) is 16.3 Å². The summed E-state index contributed by atoms with van der Waals surface area (Å²) in [7, 11) is 3.28. The summed E-state index contributed by atoms with van der Waals surface area (Å²) >= 11 is 3.32. The SMILES string of the molecule is COc1ccc(-c2nc(CSc3nccn3-c3ccc(C)cc3C)cs2)cc1OC. The molecule has 2 aromatic heterocycles. The molecule has 7 heteroatoms. The molecule has 4 aromatic rings. The van der Waals surface area contributed by atoms with E-state index in [-0.39, 0.29) is 0 Å². The van der Waals surface area contributed by atoms with E-state index in [4.69, 9.17) is 14.5 Å². The Kier molecular flexibility index (Phi) is 6.11. The van der Waals surface area contributed by atoms with Gasteiger partial charge in [0.15, 0.2) is 16.7 Å². The molecule has 0 radical (unpaired) electrons. The fourth-order valence-electron chi connectivity index (χ4n) is 3.27. The molecule has 30 heavy (non-hydrogen) atoms. The Morgan fingerprint density at radius 2 is 1.87 bits per heavy atom. The summed E-state index contributed by atoms with van der Waals surface area (Å²) < 4.78 is 12.9. The molecule has 4 rings (SSSR count). The molecule has 0 fully saturated rings. The fourth-order valence-corrected chi connectivity index (χ4v) is 5.05. The summed E-state index contributed by atoms with van der Waals surface area (Å²) in [6.07, 6.45) is 3.86. The Balaban J connectivity index is 1.50. The Bertz CT molecular complexity index is 1170. The Morgan fingerprint density at radius 3 is 2.63 bits per heavy atom. The van der Waals surface area contributed by atoms with Crippen LogP contribution < -0.4 is 9.47 Å². The van der Waals surface area contributed by atoms with Crippen molar-refractivity contribution in [3.8, 4) is 27.8 Å². The summed E-state index contributed by atoms with van der Waals surface area (Å²) in [6, 6.07) is 12.3. The van der Waals surface area contributed by atoms with Gasteiger partial charge in [-0.1, -0.05) is 29.5 Å².